The summed E-state index contributed by atoms with van der Waals surface area (Å²) in [4.78, 5) is 30.0. The molecule has 1 aliphatic carbocycles. The van der Waals surface area contributed by atoms with Crippen LogP contribution in [-0.2, 0) is 24.3 Å². The van der Waals surface area contributed by atoms with Gasteiger partial charge in [0.25, 0.3) is 0 Å². The zero-order valence-corrected chi connectivity index (χ0v) is 21.0. The minimum absolute atomic E-state index is 0.0401. The molecule has 1 aromatic rings. The van der Waals surface area contributed by atoms with Gasteiger partial charge < -0.3 is 19.9 Å². The van der Waals surface area contributed by atoms with Crippen molar-refractivity contribution in [1.82, 2.24) is 9.21 Å². The summed E-state index contributed by atoms with van der Waals surface area (Å²) >= 11 is 0. The molecule has 4 rings (SSSR count). The Kier molecular flexibility index (Phi) is 7.79. The number of benzene rings is 1. The van der Waals surface area contributed by atoms with E-state index < -0.39 is 15.9 Å². The van der Waals surface area contributed by atoms with Crippen molar-refractivity contribution in [1.29, 1.82) is 0 Å². The minimum atomic E-state index is -3.68. The molecular weight excluding hydrogens is 456 g/mol. The van der Waals surface area contributed by atoms with Crippen molar-refractivity contribution in [3.63, 3.8) is 0 Å². The number of carbonyl (C=O) groups is 2. The molecule has 2 heterocycles. The molecule has 0 spiro atoms. The fraction of sp³-hybridized carbons (Fsp3) is 0.667. The van der Waals surface area contributed by atoms with E-state index in [1.54, 1.807) is 32.0 Å². The van der Waals surface area contributed by atoms with Crippen molar-refractivity contribution < 1.29 is 22.7 Å². The third-order valence-electron chi connectivity index (χ3n) is 7.22. The second-order valence-electron chi connectivity index (χ2n) is 9.24. The predicted octanol–water partition coefficient (Wildman–Crippen LogP) is 2.28. The molecule has 2 aliphatic heterocycles. The number of sulfonamides is 1. The van der Waals surface area contributed by atoms with Crippen molar-refractivity contribution in [3.8, 4) is 0 Å². The van der Waals surface area contributed by atoms with Crippen LogP contribution in [-0.4, -0.2) is 81.4 Å². The molecule has 0 bridgehead atoms. The van der Waals surface area contributed by atoms with Crippen LogP contribution < -0.4 is 10.2 Å². The third kappa shape index (κ3) is 5.08. The lowest BCUT2D eigenvalue weighted by atomic mass is 10.1. The number of hydrogen-bond donors (Lipinski definition) is 1. The van der Waals surface area contributed by atoms with E-state index in [2.05, 4.69) is 10.2 Å². The molecule has 1 aromatic carbocycles. The SMILES string of the molecule is CCN(CC)S(=O)(=O)c1ccc(N2CCOCC2)c(NC(=O)[C@H]2CC(=O)N(C3CCCC3)C2)c1. The fourth-order valence-corrected chi connectivity index (χ4v) is 6.76. The van der Waals surface area contributed by atoms with Crippen LogP contribution in [0.4, 0.5) is 11.4 Å². The lowest BCUT2D eigenvalue weighted by Crippen LogP contribution is -2.37. The van der Waals surface area contributed by atoms with E-state index in [0.717, 1.165) is 31.4 Å². The van der Waals surface area contributed by atoms with Crippen LogP contribution in [0.1, 0.15) is 46.0 Å². The molecule has 0 radical (unpaired) electrons. The van der Waals surface area contributed by atoms with E-state index in [-0.39, 0.29) is 29.2 Å². The normalized spacial score (nSPS) is 22.1. The van der Waals surface area contributed by atoms with Gasteiger partial charge in [0.15, 0.2) is 0 Å². The van der Waals surface area contributed by atoms with E-state index in [1.807, 2.05) is 4.90 Å². The summed E-state index contributed by atoms with van der Waals surface area (Å²) < 4.78 is 33.1. The smallest absolute Gasteiger partial charge is 0.243 e. The lowest BCUT2D eigenvalue weighted by Gasteiger charge is -2.31. The van der Waals surface area contributed by atoms with Crippen molar-refractivity contribution in [2.45, 2.75) is 56.9 Å². The molecule has 34 heavy (non-hydrogen) atoms. The van der Waals surface area contributed by atoms with Gasteiger partial charge in [-0.15, -0.1) is 0 Å². The van der Waals surface area contributed by atoms with Gasteiger partial charge in [-0.25, -0.2) is 8.42 Å². The van der Waals surface area contributed by atoms with Crippen LogP contribution in [0.5, 0.6) is 0 Å². The minimum Gasteiger partial charge on any atom is -0.378 e. The topological polar surface area (TPSA) is 99.3 Å². The van der Waals surface area contributed by atoms with Gasteiger partial charge in [-0.3, -0.25) is 9.59 Å². The van der Waals surface area contributed by atoms with Crippen molar-refractivity contribution >= 4 is 33.2 Å². The van der Waals surface area contributed by atoms with Gasteiger partial charge in [0.1, 0.15) is 0 Å². The average Bonchev–Trinajstić information content (AvgIpc) is 3.50. The first-order chi connectivity index (χ1) is 16.3. The van der Waals surface area contributed by atoms with Gasteiger partial charge in [0, 0.05) is 45.2 Å². The molecule has 1 N–H and O–H groups in total. The Balaban J connectivity index is 1.59. The van der Waals surface area contributed by atoms with Gasteiger partial charge in [0.2, 0.25) is 21.8 Å². The Hall–Kier alpha value is -2.17. The third-order valence-corrected chi connectivity index (χ3v) is 9.26. The Morgan fingerprint density at radius 2 is 1.82 bits per heavy atom. The number of nitrogens with zero attached hydrogens (tertiary/aromatic N) is 3. The Labute approximate surface area is 202 Å². The van der Waals surface area contributed by atoms with E-state index in [1.165, 1.54) is 4.31 Å². The first-order valence-electron chi connectivity index (χ1n) is 12.4. The van der Waals surface area contributed by atoms with E-state index >= 15 is 0 Å². The average molecular weight is 493 g/mol. The molecule has 188 valence electrons. The molecule has 0 unspecified atom stereocenters. The zero-order valence-electron chi connectivity index (χ0n) is 20.2. The van der Waals surface area contributed by atoms with Crippen LogP contribution in [0.25, 0.3) is 0 Å². The van der Waals surface area contributed by atoms with E-state index in [4.69, 9.17) is 4.74 Å². The highest BCUT2D eigenvalue weighted by Crippen LogP contribution is 2.33. The summed E-state index contributed by atoms with van der Waals surface area (Å²) in [6.07, 6.45) is 4.47. The number of anilines is 2. The van der Waals surface area contributed by atoms with Gasteiger partial charge in [-0.2, -0.15) is 4.31 Å². The van der Waals surface area contributed by atoms with Gasteiger partial charge in [0.05, 0.1) is 35.4 Å². The number of carbonyl (C=O) groups excluding carboxylic acids is 2. The monoisotopic (exact) mass is 492 g/mol. The molecule has 2 amide bonds. The number of nitrogens with one attached hydrogen (secondary N) is 1. The Bertz CT molecular complexity index is 999. The number of likely N-dealkylation sites (tertiary alicyclic amines) is 1. The second-order valence-corrected chi connectivity index (χ2v) is 11.2. The zero-order chi connectivity index (χ0) is 24.3. The van der Waals surface area contributed by atoms with Crippen LogP contribution in [0.3, 0.4) is 0 Å². The summed E-state index contributed by atoms with van der Waals surface area (Å²) in [6, 6.07) is 5.18. The summed E-state index contributed by atoms with van der Waals surface area (Å²) in [6.45, 7) is 7.23. The number of morpholine rings is 1. The van der Waals surface area contributed by atoms with Gasteiger partial charge in [-0.1, -0.05) is 26.7 Å². The fourth-order valence-electron chi connectivity index (χ4n) is 5.28. The first kappa shape index (κ1) is 24.9. The van der Waals surface area contributed by atoms with Crippen LogP contribution in [0, 0.1) is 5.92 Å². The van der Waals surface area contributed by atoms with Crippen LogP contribution in [0.2, 0.25) is 0 Å². The molecule has 1 atom stereocenters. The molecule has 3 aliphatic rings. The summed E-state index contributed by atoms with van der Waals surface area (Å²) in [5.41, 5.74) is 1.24. The highest BCUT2D eigenvalue weighted by atomic mass is 32.2. The highest BCUT2D eigenvalue weighted by molar-refractivity contribution is 7.89. The van der Waals surface area contributed by atoms with Crippen molar-refractivity contribution in [2.75, 3.05) is 56.2 Å². The van der Waals surface area contributed by atoms with E-state index in [0.29, 0.717) is 51.6 Å². The largest absolute Gasteiger partial charge is 0.378 e. The maximum absolute atomic E-state index is 13.3. The molecular formula is C24H36N4O5S. The maximum atomic E-state index is 13.3. The van der Waals surface area contributed by atoms with Crippen LogP contribution in [0.15, 0.2) is 23.1 Å². The standard InChI is InChI=1S/C24H36N4O5S/c1-3-27(4-2)34(31,32)20-9-10-22(26-11-13-33-14-12-26)21(16-20)25-24(30)18-15-23(29)28(17-18)19-7-5-6-8-19/h9-10,16,18-19H,3-8,11-15,17H2,1-2H3,(H,25,30)/t18-/m0/s1. The first-order valence-corrected chi connectivity index (χ1v) is 13.9. The summed E-state index contributed by atoms with van der Waals surface area (Å²) in [7, 11) is -3.68. The number of amides is 2. The molecule has 0 aromatic heterocycles. The molecule has 2 saturated heterocycles. The molecule has 9 nitrogen and oxygen atoms in total. The van der Waals surface area contributed by atoms with Gasteiger partial charge in [-0.05, 0) is 31.0 Å². The summed E-state index contributed by atoms with van der Waals surface area (Å²) in [5.74, 6) is -0.632. The van der Waals surface area contributed by atoms with E-state index in [9.17, 15) is 18.0 Å². The van der Waals surface area contributed by atoms with Crippen molar-refractivity contribution in [2.24, 2.45) is 5.92 Å². The predicted molar refractivity (Wildman–Crippen MR) is 130 cm³/mol. The lowest BCUT2D eigenvalue weighted by molar-refractivity contribution is -0.129. The highest BCUT2D eigenvalue weighted by Gasteiger charge is 2.39. The Morgan fingerprint density at radius 3 is 2.47 bits per heavy atom. The van der Waals surface area contributed by atoms with Gasteiger partial charge >= 0.3 is 0 Å². The number of ether oxygens (including phenoxy) is 1. The van der Waals surface area contributed by atoms with Crippen LogP contribution >= 0.6 is 0 Å². The quantitative estimate of drug-likeness (QED) is 0.598. The summed E-state index contributed by atoms with van der Waals surface area (Å²) in [5, 5.41) is 2.99. The second kappa shape index (κ2) is 10.6. The molecule has 10 heteroatoms. The number of rotatable bonds is 8. The molecule has 3 fully saturated rings. The Morgan fingerprint density at radius 1 is 1.15 bits per heavy atom. The van der Waals surface area contributed by atoms with Crippen molar-refractivity contribution in [3.05, 3.63) is 18.2 Å². The molecule has 1 saturated carbocycles. The number of hydrogen-bond acceptors (Lipinski definition) is 6. The maximum Gasteiger partial charge on any atom is 0.243 e.